The highest BCUT2D eigenvalue weighted by Gasteiger charge is 2.26. The molecule has 27 heavy (non-hydrogen) atoms. The quantitative estimate of drug-likeness (QED) is 0.391. The molecule has 2 aromatic heterocycles. The van der Waals surface area contributed by atoms with Gasteiger partial charge in [0.05, 0.1) is 17.6 Å². The number of hydrogen-bond donors (Lipinski definition) is 0. The number of nitrogens with zero attached hydrogens (tertiary/aromatic N) is 1. The summed E-state index contributed by atoms with van der Waals surface area (Å²) in [7, 11) is 1.61. The molecule has 0 aliphatic heterocycles. The van der Waals surface area contributed by atoms with Gasteiger partial charge in [0.1, 0.15) is 11.4 Å². The number of benzene rings is 2. The standard InChI is InChI=1S/C21H14ClNO3S/c1-25-16-10-6-13(7-11-16)19-18(20(24)17-3-2-12-27-17)21(26-23-19)14-4-8-15(22)9-5-14/h2-12H,1H3. The van der Waals surface area contributed by atoms with E-state index in [1.54, 1.807) is 25.3 Å². The molecule has 0 unspecified atom stereocenters. The van der Waals surface area contributed by atoms with Gasteiger partial charge in [-0.25, -0.2) is 0 Å². The molecule has 0 aliphatic rings. The molecule has 0 amide bonds. The van der Waals surface area contributed by atoms with Crippen molar-refractivity contribution in [1.29, 1.82) is 0 Å². The SMILES string of the molecule is COc1ccc(-c2noc(-c3ccc(Cl)cc3)c2C(=O)c2cccs2)cc1. The minimum atomic E-state index is -0.123. The van der Waals surface area contributed by atoms with Crippen LogP contribution in [-0.4, -0.2) is 18.0 Å². The summed E-state index contributed by atoms with van der Waals surface area (Å²) in [5.74, 6) is 1.03. The van der Waals surface area contributed by atoms with Crippen LogP contribution in [0.1, 0.15) is 15.2 Å². The van der Waals surface area contributed by atoms with Crippen LogP contribution in [0.25, 0.3) is 22.6 Å². The summed E-state index contributed by atoms with van der Waals surface area (Å²) in [6.07, 6.45) is 0. The van der Waals surface area contributed by atoms with E-state index in [0.717, 1.165) is 16.9 Å². The van der Waals surface area contributed by atoms with E-state index in [4.69, 9.17) is 20.9 Å². The van der Waals surface area contributed by atoms with Crippen molar-refractivity contribution in [2.24, 2.45) is 0 Å². The van der Waals surface area contributed by atoms with Crippen molar-refractivity contribution in [1.82, 2.24) is 5.16 Å². The van der Waals surface area contributed by atoms with E-state index in [2.05, 4.69) is 5.16 Å². The number of ether oxygens (including phenoxy) is 1. The molecule has 134 valence electrons. The van der Waals surface area contributed by atoms with Crippen molar-refractivity contribution in [3.8, 4) is 28.3 Å². The van der Waals surface area contributed by atoms with Crippen molar-refractivity contribution in [2.45, 2.75) is 0 Å². The first-order valence-corrected chi connectivity index (χ1v) is 9.41. The average Bonchev–Trinajstić information content (AvgIpc) is 3.38. The Balaban J connectivity index is 1.88. The van der Waals surface area contributed by atoms with Crippen LogP contribution in [0.2, 0.25) is 5.02 Å². The third-order valence-corrected chi connectivity index (χ3v) is 5.25. The molecule has 0 saturated carbocycles. The molecule has 0 radical (unpaired) electrons. The van der Waals surface area contributed by atoms with Crippen LogP contribution >= 0.6 is 22.9 Å². The number of carbonyl (C=O) groups excluding carboxylic acids is 1. The summed E-state index contributed by atoms with van der Waals surface area (Å²) in [4.78, 5) is 13.8. The van der Waals surface area contributed by atoms with Crippen molar-refractivity contribution in [2.75, 3.05) is 7.11 Å². The summed E-state index contributed by atoms with van der Waals surface area (Å²) in [6, 6.07) is 18.1. The summed E-state index contributed by atoms with van der Waals surface area (Å²) < 4.78 is 10.8. The number of carbonyl (C=O) groups is 1. The second-order valence-corrected chi connectivity index (χ2v) is 7.16. The summed E-state index contributed by atoms with van der Waals surface area (Å²) in [5.41, 5.74) is 2.46. The first kappa shape index (κ1) is 17.5. The Bertz CT molecular complexity index is 1070. The van der Waals surface area contributed by atoms with Gasteiger partial charge in [-0.15, -0.1) is 11.3 Å². The maximum Gasteiger partial charge on any atom is 0.209 e. The second kappa shape index (κ2) is 7.39. The zero-order valence-electron chi connectivity index (χ0n) is 14.3. The highest BCUT2D eigenvalue weighted by molar-refractivity contribution is 7.12. The van der Waals surface area contributed by atoms with Gasteiger partial charge in [-0.05, 0) is 60.0 Å². The lowest BCUT2D eigenvalue weighted by Gasteiger charge is -2.04. The minimum Gasteiger partial charge on any atom is -0.497 e. The lowest BCUT2D eigenvalue weighted by Crippen LogP contribution is -2.01. The summed E-state index contributed by atoms with van der Waals surface area (Å²) in [6.45, 7) is 0. The third kappa shape index (κ3) is 3.39. The van der Waals surface area contributed by atoms with E-state index in [1.165, 1.54) is 11.3 Å². The Kier molecular flexibility index (Phi) is 4.79. The lowest BCUT2D eigenvalue weighted by atomic mass is 9.98. The Labute approximate surface area is 165 Å². The van der Waals surface area contributed by atoms with Gasteiger partial charge in [0, 0.05) is 16.1 Å². The number of hydrogen-bond acceptors (Lipinski definition) is 5. The van der Waals surface area contributed by atoms with E-state index in [-0.39, 0.29) is 5.78 Å². The van der Waals surface area contributed by atoms with Gasteiger partial charge in [0.25, 0.3) is 0 Å². The molecule has 4 aromatic rings. The Morgan fingerprint density at radius 3 is 2.37 bits per heavy atom. The fourth-order valence-corrected chi connectivity index (χ4v) is 3.57. The minimum absolute atomic E-state index is 0.123. The highest BCUT2D eigenvalue weighted by Crippen LogP contribution is 2.35. The zero-order valence-corrected chi connectivity index (χ0v) is 15.9. The Morgan fingerprint density at radius 2 is 1.74 bits per heavy atom. The van der Waals surface area contributed by atoms with Gasteiger partial charge in [0.15, 0.2) is 5.76 Å². The molecule has 2 aromatic carbocycles. The molecule has 0 bridgehead atoms. The van der Waals surface area contributed by atoms with Crippen LogP contribution in [0, 0.1) is 0 Å². The Hall–Kier alpha value is -2.89. The molecule has 0 aliphatic carbocycles. The van der Waals surface area contributed by atoms with Gasteiger partial charge in [-0.1, -0.05) is 22.8 Å². The first-order chi connectivity index (χ1) is 13.2. The van der Waals surface area contributed by atoms with Gasteiger partial charge in [-0.2, -0.15) is 0 Å². The van der Waals surface area contributed by atoms with Crippen LogP contribution in [-0.2, 0) is 0 Å². The van der Waals surface area contributed by atoms with Crippen LogP contribution in [0.3, 0.4) is 0 Å². The molecule has 0 atom stereocenters. The molecule has 0 N–H and O–H groups in total. The molecular weight excluding hydrogens is 382 g/mol. The largest absolute Gasteiger partial charge is 0.497 e. The molecular formula is C21H14ClNO3S. The lowest BCUT2D eigenvalue weighted by molar-refractivity contribution is 0.104. The predicted octanol–water partition coefficient (Wildman–Crippen LogP) is 5.96. The second-order valence-electron chi connectivity index (χ2n) is 5.78. The van der Waals surface area contributed by atoms with E-state index >= 15 is 0 Å². The molecule has 4 nitrogen and oxygen atoms in total. The van der Waals surface area contributed by atoms with Crippen molar-refractivity contribution in [3.05, 3.63) is 81.5 Å². The van der Waals surface area contributed by atoms with Gasteiger partial charge < -0.3 is 9.26 Å². The van der Waals surface area contributed by atoms with Crippen LogP contribution in [0.4, 0.5) is 0 Å². The van der Waals surface area contributed by atoms with E-state index < -0.39 is 0 Å². The van der Waals surface area contributed by atoms with Crippen molar-refractivity contribution < 1.29 is 14.1 Å². The van der Waals surface area contributed by atoms with Crippen LogP contribution in [0.15, 0.2) is 70.6 Å². The summed E-state index contributed by atoms with van der Waals surface area (Å²) in [5, 5.41) is 6.69. The first-order valence-electron chi connectivity index (χ1n) is 8.15. The topological polar surface area (TPSA) is 52.3 Å². The molecule has 0 fully saturated rings. The molecule has 0 saturated heterocycles. The predicted molar refractivity (Wildman–Crippen MR) is 107 cm³/mol. The maximum atomic E-state index is 13.2. The zero-order chi connectivity index (χ0) is 18.8. The van der Waals surface area contributed by atoms with E-state index in [1.807, 2.05) is 47.8 Å². The number of halogens is 1. The number of ketones is 1. The van der Waals surface area contributed by atoms with E-state index in [0.29, 0.717) is 26.9 Å². The van der Waals surface area contributed by atoms with Crippen LogP contribution in [0.5, 0.6) is 5.75 Å². The van der Waals surface area contributed by atoms with Gasteiger partial charge in [-0.3, -0.25) is 4.79 Å². The van der Waals surface area contributed by atoms with Gasteiger partial charge >= 0.3 is 0 Å². The smallest absolute Gasteiger partial charge is 0.209 e. The molecule has 6 heteroatoms. The van der Waals surface area contributed by atoms with E-state index in [9.17, 15) is 4.79 Å². The number of aromatic nitrogens is 1. The average molecular weight is 396 g/mol. The normalized spacial score (nSPS) is 10.7. The highest BCUT2D eigenvalue weighted by atomic mass is 35.5. The Morgan fingerprint density at radius 1 is 1.04 bits per heavy atom. The number of methoxy groups -OCH3 is 1. The third-order valence-electron chi connectivity index (χ3n) is 4.13. The number of rotatable bonds is 5. The fourth-order valence-electron chi connectivity index (χ4n) is 2.78. The molecule has 4 rings (SSSR count). The molecule has 2 heterocycles. The number of thiophene rings is 1. The summed E-state index contributed by atoms with van der Waals surface area (Å²) >= 11 is 7.37. The van der Waals surface area contributed by atoms with Crippen LogP contribution < -0.4 is 4.74 Å². The van der Waals surface area contributed by atoms with Gasteiger partial charge in [0.2, 0.25) is 5.78 Å². The maximum absolute atomic E-state index is 13.2. The van der Waals surface area contributed by atoms with Crippen molar-refractivity contribution in [3.63, 3.8) is 0 Å². The fraction of sp³-hybridized carbons (Fsp3) is 0.0476. The van der Waals surface area contributed by atoms with Crippen molar-refractivity contribution >= 4 is 28.7 Å². The molecule has 0 spiro atoms. The monoisotopic (exact) mass is 395 g/mol.